The lowest BCUT2D eigenvalue weighted by Crippen LogP contribution is -2.29. The summed E-state index contributed by atoms with van der Waals surface area (Å²) in [6.07, 6.45) is 1.74. The van der Waals surface area contributed by atoms with E-state index in [9.17, 15) is 4.79 Å². The van der Waals surface area contributed by atoms with Crippen LogP contribution in [0.25, 0.3) is 0 Å². The maximum atomic E-state index is 12.0. The summed E-state index contributed by atoms with van der Waals surface area (Å²) in [6, 6.07) is 5.44. The van der Waals surface area contributed by atoms with Gasteiger partial charge < -0.3 is 15.8 Å². The molecule has 100 valence electrons. The van der Waals surface area contributed by atoms with Crippen LogP contribution in [0.5, 0.6) is 5.75 Å². The van der Waals surface area contributed by atoms with Crippen molar-refractivity contribution >= 4 is 27.5 Å². The smallest absolute Gasteiger partial charge is 0.228 e. The second-order valence-electron chi connectivity index (χ2n) is 4.06. The zero-order chi connectivity index (χ0) is 13.5. The Balaban J connectivity index is 2.74. The van der Waals surface area contributed by atoms with Crippen molar-refractivity contribution in [3.63, 3.8) is 0 Å². The summed E-state index contributed by atoms with van der Waals surface area (Å²) in [4.78, 5) is 12.0. The highest BCUT2D eigenvalue weighted by atomic mass is 79.9. The highest BCUT2D eigenvalue weighted by Gasteiger charge is 2.16. The Hall–Kier alpha value is -1.07. The first-order valence-electron chi connectivity index (χ1n) is 5.96. The standard InChI is InChI=1S/C13H19BrN2O2/c1-3-4-9(8-15)13(17)16-10-5-6-11(14)12(7-10)18-2/h5-7,9H,3-4,8,15H2,1-2H3,(H,16,17). The summed E-state index contributed by atoms with van der Waals surface area (Å²) in [5.74, 6) is 0.515. The number of halogens is 1. The summed E-state index contributed by atoms with van der Waals surface area (Å²) in [6.45, 7) is 2.41. The van der Waals surface area contributed by atoms with E-state index < -0.39 is 0 Å². The molecule has 1 unspecified atom stereocenters. The number of hydrogen-bond donors (Lipinski definition) is 2. The van der Waals surface area contributed by atoms with E-state index in [1.165, 1.54) is 0 Å². The number of ether oxygens (including phenoxy) is 1. The van der Waals surface area contributed by atoms with Gasteiger partial charge in [0.25, 0.3) is 0 Å². The van der Waals surface area contributed by atoms with Crippen LogP contribution in [0.4, 0.5) is 5.69 Å². The van der Waals surface area contributed by atoms with Gasteiger partial charge in [0.1, 0.15) is 5.75 Å². The van der Waals surface area contributed by atoms with Crippen LogP contribution in [-0.2, 0) is 4.79 Å². The summed E-state index contributed by atoms with van der Waals surface area (Å²) in [7, 11) is 1.59. The van der Waals surface area contributed by atoms with Crippen molar-refractivity contribution in [1.29, 1.82) is 0 Å². The van der Waals surface area contributed by atoms with Crippen LogP contribution in [0.2, 0.25) is 0 Å². The topological polar surface area (TPSA) is 64.4 Å². The van der Waals surface area contributed by atoms with Crippen LogP contribution in [0.15, 0.2) is 22.7 Å². The van der Waals surface area contributed by atoms with Crippen LogP contribution in [0.1, 0.15) is 19.8 Å². The van der Waals surface area contributed by atoms with Crippen molar-refractivity contribution in [2.24, 2.45) is 11.7 Å². The number of nitrogens with one attached hydrogen (secondary N) is 1. The SMILES string of the molecule is CCCC(CN)C(=O)Nc1ccc(Br)c(OC)c1. The molecule has 0 spiro atoms. The largest absolute Gasteiger partial charge is 0.495 e. The van der Waals surface area contributed by atoms with Crippen molar-refractivity contribution in [2.45, 2.75) is 19.8 Å². The minimum atomic E-state index is -0.135. The number of anilines is 1. The molecule has 0 aliphatic rings. The zero-order valence-corrected chi connectivity index (χ0v) is 12.3. The van der Waals surface area contributed by atoms with Gasteiger partial charge in [0.05, 0.1) is 17.5 Å². The van der Waals surface area contributed by atoms with Gasteiger partial charge in [0.15, 0.2) is 0 Å². The van der Waals surface area contributed by atoms with E-state index in [2.05, 4.69) is 21.2 Å². The summed E-state index contributed by atoms with van der Waals surface area (Å²) >= 11 is 3.37. The van der Waals surface area contributed by atoms with Crippen LogP contribution in [0, 0.1) is 5.92 Å². The van der Waals surface area contributed by atoms with Gasteiger partial charge in [-0.25, -0.2) is 0 Å². The number of carbonyl (C=O) groups excluding carboxylic acids is 1. The first kappa shape index (κ1) is 15.0. The van der Waals surface area contributed by atoms with E-state index in [4.69, 9.17) is 10.5 Å². The first-order valence-corrected chi connectivity index (χ1v) is 6.76. The Morgan fingerprint density at radius 3 is 2.83 bits per heavy atom. The Bertz CT molecular complexity index is 410. The molecule has 0 fully saturated rings. The molecule has 1 rings (SSSR count). The Morgan fingerprint density at radius 2 is 2.28 bits per heavy atom. The number of nitrogens with two attached hydrogens (primary N) is 1. The van der Waals surface area contributed by atoms with Crippen molar-refractivity contribution in [2.75, 3.05) is 19.0 Å². The molecule has 1 amide bonds. The van der Waals surface area contributed by atoms with Gasteiger partial charge >= 0.3 is 0 Å². The molecule has 0 aromatic heterocycles. The van der Waals surface area contributed by atoms with E-state index >= 15 is 0 Å². The summed E-state index contributed by atoms with van der Waals surface area (Å²) in [5, 5.41) is 2.86. The molecule has 5 heteroatoms. The predicted octanol–water partition coefficient (Wildman–Crippen LogP) is 2.77. The maximum Gasteiger partial charge on any atom is 0.228 e. The fraction of sp³-hybridized carbons (Fsp3) is 0.462. The van der Waals surface area contributed by atoms with Crippen LogP contribution >= 0.6 is 15.9 Å². The summed E-state index contributed by atoms with van der Waals surface area (Å²) in [5.41, 5.74) is 6.32. The first-order chi connectivity index (χ1) is 8.62. The molecule has 18 heavy (non-hydrogen) atoms. The fourth-order valence-electron chi connectivity index (χ4n) is 1.69. The predicted molar refractivity (Wildman–Crippen MR) is 76.8 cm³/mol. The fourth-order valence-corrected chi connectivity index (χ4v) is 2.09. The van der Waals surface area contributed by atoms with Crippen LogP contribution in [-0.4, -0.2) is 19.6 Å². The molecule has 3 N–H and O–H groups in total. The normalized spacial score (nSPS) is 12.0. The molecule has 1 aromatic carbocycles. The lowest BCUT2D eigenvalue weighted by Gasteiger charge is -2.14. The van der Waals surface area contributed by atoms with Gasteiger partial charge in [-0.3, -0.25) is 4.79 Å². The average molecular weight is 315 g/mol. The molecule has 0 saturated heterocycles. The number of amides is 1. The third kappa shape index (κ3) is 3.99. The van der Waals surface area contributed by atoms with E-state index in [-0.39, 0.29) is 11.8 Å². The number of benzene rings is 1. The van der Waals surface area contributed by atoms with Crippen molar-refractivity contribution in [1.82, 2.24) is 0 Å². The number of methoxy groups -OCH3 is 1. The molecule has 0 aliphatic heterocycles. The van der Waals surface area contributed by atoms with Gasteiger partial charge in [0, 0.05) is 18.3 Å². The van der Waals surface area contributed by atoms with E-state index in [1.54, 1.807) is 13.2 Å². The molecule has 4 nitrogen and oxygen atoms in total. The molecule has 0 bridgehead atoms. The molecular formula is C13H19BrN2O2. The maximum absolute atomic E-state index is 12.0. The average Bonchev–Trinajstić information content (AvgIpc) is 2.38. The molecule has 1 atom stereocenters. The van der Waals surface area contributed by atoms with Crippen molar-refractivity contribution in [3.8, 4) is 5.75 Å². The molecule has 0 saturated carbocycles. The Labute approximate surface area is 116 Å². The lowest BCUT2D eigenvalue weighted by molar-refractivity contribution is -0.119. The zero-order valence-electron chi connectivity index (χ0n) is 10.7. The van der Waals surface area contributed by atoms with Crippen molar-refractivity contribution in [3.05, 3.63) is 22.7 Å². The number of hydrogen-bond acceptors (Lipinski definition) is 3. The third-order valence-electron chi connectivity index (χ3n) is 2.71. The molecule has 1 aromatic rings. The van der Waals surface area contributed by atoms with Crippen LogP contribution < -0.4 is 15.8 Å². The molecular weight excluding hydrogens is 296 g/mol. The summed E-state index contributed by atoms with van der Waals surface area (Å²) < 4.78 is 6.03. The molecule has 0 heterocycles. The van der Waals surface area contributed by atoms with Gasteiger partial charge in [0.2, 0.25) is 5.91 Å². The quantitative estimate of drug-likeness (QED) is 0.848. The highest BCUT2D eigenvalue weighted by molar-refractivity contribution is 9.10. The molecule has 0 radical (unpaired) electrons. The second-order valence-corrected chi connectivity index (χ2v) is 4.91. The minimum Gasteiger partial charge on any atom is -0.495 e. The van der Waals surface area contributed by atoms with E-state index in [1.807, 2.05) is 19.1 Å². The highest BCUT2D eigenvalue weighted by Crippen LogP contribution is 2.28. The second kappa shape index (κ2) is 7.38. The minimum absolute atomic E-state index is 0.0382. The van der Waals surface area contributed by atoms with E-state index in [0.717, 1.165) is 23.0 Å². The lowest BCUT2D eigenvalue weighted by atomic mass is 10.0. The van der Waals surface area contributed by atoms with Crippen LogP contribution in [0.3, 0.4) is 0 Å². The third-order valence-corrected chi connectivity index (χ3v) is 3.37. The number of rotatable bonds is 6. The molecule has 0 aliphatic carbocycles. The monoisotopic (exact) mass is 314 g/mol. The number of carbonyl (C=O) groups is 1. The van der Waals surface area contributed by atoms with Gasteiger partial charge in [-0.15, -0.1) is 0 Å². The Kier molecular flexibility index (Phi) is 6.15. The van der Waals surface area contributed by atoms with Gasteiger partial charge in [-0.2, -0.15) is 0 Å². The van der Waals surface area contributed by atoms with Gasteiger partial charge in [-0.1, -0.05) is 13.3 Å². The van der Waals surface area contributed by atoms with E-state index in [0.29, 0.717) is 12.3 Å². The van der Waals surface area contributed by atoms with Gasteiger partial charge in [-0.05, 0) is 34.5 Å². The van der Waals surface area contributed by atoms with Crippen molar-refractivity contribution < 1.29 is 9.53 Å². The Morgan fingerprint density at radius 1 is 1.56 bits per heavy atom.